The molecule has 7 nitrogen and oxygen atoms in total. The average molecular weight is 276 g/mol. The molecule has 1 aromatic carbocycles. The van der Waals surface area contributed by atoms with Gasteiger partial charge in [-0.25, -0.2) is 9.48 Å². The number of carbonyl (C=O) groups is 1. The SMILES string of the molecule is CCOC(=O)Cn1nc(Cc2ccccc2)n(N)c1=O. The van der Waals surface area contributed by atoms with Gasteiger partial charge in [-0.15, -0.1) is 0 Å². The van der Waals surface area contributed by atoms with Crippen LogP contribution in [0.5, 0.6) is 0 Å². The molecule has 0 fully saturated rings. The van der Waals surface area contributed by atoms with E-state index in [1.807, 2.05) is 30.3 Å². The van der Waals surface area contributed by atoms with E-state index in [1.165, 1.54) is 0 Å². The van der Waals surface area contributed by atoms with Gasteiger partial charge in [0.1, 0.15) is 6.54 Å². The largest absolute Gasteiger partial charge is 0.465 e. The van der Waals surface area contributed by atoms with Crippen molar-refractivity contribution in [2.75, 3.05) is 12.4 Å². The van der Waals surface area contributed by atoms with E-state index in [0.717, 1.165) is 14.9 Å². The second-order valence-electron chi connectivity index (χ2n) is 4.19. The molecule has 0 spiro atoms. The molecule has 0 radical (unpaired) electrons. The third-order valence-electron chi connectivity index (χ3n) is 2.73. The first kappa shape index (κ1) is 13.9. The monoisotopic (exact) mass is 276 g/mol. The second-order valence-corrected chi connectivity index (χ2v) is 4.19. The molecular weight excluding hydrogens is 260 g/mol. The minimum absolute atomic E-state index is 0.237. The fourth-order valence-electron chi connectivity index (χ4n) is 1.80. The van der Waals surface area contributed by atoms with Crippen LogP contribution in [0.1, 0.15) is 18.3 Å². The van der Waals surface area contributed by atoms with E-state index >= 15 is 0 Å². The van der Waals surface area contributed by atoms with Gasteiger partial charge in [-0.3, -0.25) is 4.79 Å². The van der Waals surface area contributed by atoms with Gasteiger partial charge < -0.3 is 10.6 Å². The Labute approximate surface area is 115 Å². The zero-order chi connectivity index (χ0) is 14.5. The lowest BCUT2D eigenvalue weighted by atomic mass is 10.1. The summed E-state index contributed by atoms with van der Waals surface area (Å²) in [6.07, 6.45) is 0.419. The number of rotatable bonds is 5. The Hall–Kier alpha value is -2.57. The number of nitrogen functional groups attached to an aromatic ring is 1. The van der Waals surface area contributed by atoms with E-state index in [0.29, 0.717) is 12.2 Å². The zero-order valence-corrected chi connectivity index (χ0v) is 11.2. The lowest BCUT2D eigenvalue weighted by Crippen LogP contribution is -2.32. The van der Waals surface area contributed by atoms with Crippen molar-refractivity contribution in [3.63, 3.8) is 0 Å². The molecule has 0 aliphatic carbocycles. The van der Waals surface area contributed by atoms with Gasteiger partial charge in [-0.05, 0) is 12.5 Å². The van der Waals surface area contributed by atoms with Crippen LogP contribution < -0.4 is 11.5 Å². The third kappa shape index (κ3) is 3.05. The van der Waals surface area contributed by atoms with Crippen LogP contribution in [-0.2, 0) is 22.5 Å². The van der Waals surface area contributed by atoms with Gasteiger partial charge in [0.2, 0.25) is 0 Å². The Kier molecular flexibility index (Phi) is 4.19. The van der Waals surface area contributed by atoms with Crippen LogP contribution in [0.2, 0.25) is 0 Å². The molecular formula is C13H16N4O3. The first-order valence-electron chi connectivity index (χ1n) is 6.25. The van der Waals surface area contributed by atoms with E-state index in [1.54, 1.807) is 6.92 Å². The van der Waals surface area contributed by atoms with Crippen molar-refractivity contribution >= 4 is 5.97 Å². The lowest BCUT2D eigenvalue weighted by molar-refractivity contribution is -0.144. The summed E-state index contributed by atoms with van der Waals surface area (Å²) < 4.78 is 6.74. The quantitative estimate of drug-likeness (QED) is 0.608. The Morgan fingerprint density at radius 1 is 1.35 bits per heavy atom. The van der Waals surface area contributed by atoms with E-state index in [9.17, 15) is 9.59 Å². The number of hydrogen-bond donors (Lipinski definition) is 1. The molecule has 1 heterocycles. The topological polar surface area (TPSA) is 92.1 Å². The maximum atomic E-state index is 11.9. The molecule has 0 atom stereocenters. The van der Waals surface area contributed by atoms with E-state index in [2.05, 4.69) is 5.10 Å². The van der Waals surface area contributed by atoms with Crippen molar-refractivity contribution in [1.29, 1.82) is 0 Å². The molecule has 0 unspecified atom stereocenters. The highest BCUT2D eigenvalue weighted by atomic mass is 16.5. The Morgan fingerprint density at radius 3 is 2.70 bits per heavy atom. The second kappa shape index (κ2) is 6.05. The highest BCUT2D eigenvalue weighted by Gasteiger charge is 2.14. The van der Waals surface area contributed by atoms with Crippen molar-refractivity contribution in [3.8, 4) is 0 Å². The summed E-state index contributed by atoms with van der Waals surface area (Å²) in [5.41, 5.74) is 0.441. The molecule has 0 amide bonds. The number of esters is 1. The molecule has 0 bridgehead atoms. The van der Waals surface area contributed by atoms with E-state index < -0.39 is 11.7 Å². The van der Waals surface area contributed by atoms with Crippen LogP contribution >= 0.6 is 0 Å². The van der Waals surface area contributed by atoms with Crippen LogP contribution in [0.15, 0.2) is 35.1 Å². The predicted octanol–water partition coefficient (Wildman–Crippen LogP) is -0.0875. The van der Waals surface area contributed by atoms with Crippen molar-refractivity contribution in [3.05, 3.63) is 52.2 Å². The first-order valence-corrected chi connectivity index (χ1v) is 6.25. The smallest absolute Gasteiger partial charge is 0.365 e. The van der Waals surface area contributed by atoms with Gasteiger partial charge in [0.05, 0.1) is 6.61 Å². The number of carbonyl (C=O) groups excluding carboxylic acids is 1. The van der Waals surface area contributed by atoms with Gasteiger partial charge in [-0.2, -0.15) is 9.77 Å². The highest BCUT2D eigenvalue weighted by Crippen LogP contribution is 2.04. The molecule has 7 heteroatoms. The summed E-state index contributed by atoms with van der Waals surface area (Å²) in [6, 6.07) is 9.51. The Morgan fingerprint density at radius 2 is 2.05 bits per heavy atom. The van der Waals surface area contributed by atoms with Gasteiger partial charge in [0.25, 0.3) is 0 Å². The fraction of sp³-hybridized carbons (Fsp3) is 0.308. The molecule has 2 rings (SSSR count). The normalized spacial score (nSPS) is 10.4. The molecule has 0 aliphatic heterocycles. The van der Waals surface area contributed by atoms with Crippen LogP contribution in [0.25, 0.3) is 0 Å². The average Bonchev–Trinajstić information content (AvgIpc) is 2.69. The van der Waals surface area contributed by atoms with Gasteiger partial charge in [-0.1, -0.05) is 30.3 Å². The van der Waals surface area contributed by atoms with E-state index in [4.69, 9.17) is 10.6 Å². The van der Waals surface area contributed by atoms with Crippen molar-refractivity contribution < 1.29 is 9.53 Å². The van der Waals surface area contributed by atoms with Crippen LogP contribution in [0, 0.1) is 0 Å². The zero-order valence-electron chi connectivity index (χ0n) is 11.2. The number of nitrogens with two attached hydrogens (primary N) is 1. The minimum atomic E-state index is -0.538. The summed E-state index contributed by atoms with van der Waals surface area (Å²) >= 11 is 0. The summed E-state index contributed by atoms with van der Waals surface area (Å²) in [7, 11) is 0. The van der Waals surface area contributed by atoms with Crippen molar-refractivity contribution in [1.82, 2.24) is 14.5 Å². The van der Waals surface area contributed by atoms with Crippen LogP contribution in [0.4, 0.5) is 0 Å². The highest BCUT2D eigenvalue weighted by molar-refractivity contribution is 5.68. The Balaban J connectivity index is 2.20. The summed E-state index contributed by atoms with van der Waals surface area (Å²) in [5, 5.41) is 4.07. The molecule has 1 aromatic heterocycles. The molecule has 20 heavy (non-hydrogen) atoms. The first-order chi connectivity index (χ1) is 9.61. The summed E-state index contributed by atoms with van der Waals surface area (Å²) in [4.78, 5) is 23.2. The number of hydrogen-bond acceptors (Lipinski definition) is 5. The fourth-order valence-corrected chi connectivity index (χ4v) is 1.80. The summed E-state index contributed by atoms with van der Waals surface area (Å²) in [6.45, 7) is 1.72. The minimum Gasteiger partial charge on any atom is -0.465 e. The summed E-state index contributed by atoms with van der Waals surface area (Å²) in [5.74, 6) is 5.55. The van der Waals surface area contributed by atoms with Gasteiger partial charge in [0, 0.05) is 6.42 Å². The molecule has 0 aliphatic rings. The standard InChI is InChI=1S/C13H16N4O3/c1-2-20-12(18)9-16-13(19)17(14)11(15-16)8-10-6-4-3-5-7-10/h3-7H,2,8-9,14H2,1H3. The van der Waals surface area contributed by atoms with Crippen LogP contribution in [0.3, 0.4) is 0 Å². The maximum Gasteiger partial charge on any atom is 0.365 e. The van der Waals surface area contributed by atoms with Crippen molar-refractivity contribution in [2.24, 2.45) is 0 Å². The number of benzene rings is 1. The lowest BCUT2D eigenvalue weighted by Gasteiger charge is -2.00. The van der Waals surface area contributed by atoms with Crippen LogP contribution in [-0.4, -0.2) is 27.0 Å². The number of ether oxygens (including phenoxy) is 1. The number of nitrogens with zero attached hydrogens (tertiary/aromatic N) is 3. The maximum absolute atomic E-state index is 11.9. The molecule has 2 aromatic rings. The van der Waals surface area contributed by atoms with Gasteiger partial charge >= 0.3 is 11.7 Å². The molecule has 0 saturated heterocycles. The number of aromatic nitrogens is 3. The Bertz CT molecular complexity index is 645. The van der Waals surface area contributed by atoms with Gasteiger partial charge in [0.15, 0.2) is 5.82 Å². The predicted molar refractivity (Wildman–Crippen MR) is 72.5 cm³/mol. The molecule has 106 valence electrons. The third-order valence-corrected chi connectivity index (χ3v) is 2.73. The van der Waals surface area contributed by atoms with E-state index in [-0.39, 0.29) is 13.2 Å². The molecule has 2 N–H and O–H groups in total. The molecule has 0 saturated carbocycles. The van der Waals surface area contributed by atoms with Crippen molar-refractivity contribution in [2.45, 2.75) is 19.9 Å².